The lowest BCUT2D eigenvalue weighted by Crippen LogP contribution is -2.45. The molecule has 3 rings (SSSR count). The minimum Gasteiger partial charge on any atom is -0.348 e. The number of hydrogen-bond acceptors (Lipinski definition) is 3. The van der Waals surface area contributed by atoms with Crippen LogP contribution < -0.4 is 10.6 Å². The number of hydrogen-bond donors (Lipinski definition) is 2. The minimum atomic E-state index is -0.0385. The summed E-state index contributed by atoms with van der Waals surface area (Å²) in [6, 6.07) is 10.0. The molecule has 0 unspecified atom stereocenters. The molecule has 0 aliphatic carbocycles. The van der Waals surface area contributed by atoms with E-state index in [1.165, 1.54) is 0 Å². The second kappa shape index (κ2) is 7.42. The molecule has 2 N–H and O–H groups in total. The summed E-state index contributed by atoms with van der Waals surface area (Å²) >= 11 is 0. The van der Waals surface area contributed by atoms with Crippen LogP contribution in [-0.2, 0) is 0 Å². The van der Waals surface area contributed by atoms with Crippen molar-refractivity contribution in [1.29, 1.82) is 0 Å². The van der Waals surface area contributed by atoms with Gasteiger partial charge in [-0.25, -0.2) is 4.68 Å². The van der Waals surface area contributed by atoms with E-state index in [1.807, 2.05) is 37.3 Å². The zero-order valence-electron chi connectivity index (χ0n) is 12.6. The average Bonchev–Trinajstić information content (AvgIpc) is 2.91. The molecule has 0 bridgehead atoms. The Kier molecular flexibility index (Phi) is 5.57. The number of piperidine rings is 1. The molecular weight excluding hydrogens is 300 g/mol. The highest BCUT2D eigenvalue weighted by Gasteiger charge is 2.19. The first-order valence-corrected chi connectivity index (χ1v) is 7.37. The Morgan fingerprint density at radius 1 is 1.36 bits per heavy atom. The fourth-order valence-corrected chi connectivity index (χ4v) is 2.63. The van der Waals surface area contributed by atoms with Gasteiger partial charge in [0.2, 0.25) is 0 Å². The number of carbonyl (C=O) groups excluding carboxylic acids is 1. The van der Waals surface area contributed by atoms with Crippen molar-refractivity contribution < 1.29 is 4.79 Å². The van der Waals surface area contributed by atoms with Crippen LogP contribution in [-0.4, -0.2) is 34.8 Å². The van der Waals surface area contributed by atoms with Crippen molar-refractivity contribution in [3.05, 3.63) is 47.8 Å². The smallest absolute Gasteiger partial charge is 0.255 e. The van der Waals surface area contributed by atoms with E-state index in [-0.39, 0.29) is 24.4 Å². The summed E-state index contributed by atoms with van der Waals surface area (Å²) in [5.74, 6) is -0.0385. The number of para-hydroxylation sites is 1. The first-order chi connectivity index (χ1) is 10.2. The van der Waals surface area contributed by atoms with E-state index in [4.69, 9.17) is 0 Å². The fraction of sp³-hybridized carbons (Fsp3) is 0.375. The zero-order chi connectivity index (χ0) is 14.7. The van der Waals surface area contributed by atoms with Gasteiger partial charge in [-0.1, -0.05) is 18.2 Å². The molecule has 2 heterocycles. The van der Waals surface area contributed by atoms with Crippen LogP contribution in [0.3, 0.4) is 0 Å². The molecule has 6 heteroatoms. The number of aromatic nitrogens is 2. The lowest BCUT2D eigenvalue weighted by atomic mass is 10.1. The summed E-state index contributed by atoms with van der Waals surface area (Å²) in [7, 11) is 0. The van der Waals surface area contributed by atoms with Gasteiger partial charge in [0.15, 0.2) is 0 Å². The van der Waals surface area contributed by atoms with Crippen molar-refractivity contribution in [1.82, 2.24) is 20.4 Å². The molecular formula is C16H21ClN4O. The standard InChI is InChI=1S/C16H20N4O.ClH/c1-12-15(16(21)18-13-6-5-9-17-10-13)11-20(19-12)14-7-3-2-4-8-14;/h2-4,7-8,11,13,17H,5-6,9-10H2,1H3,(H,18,21);1H/t13-;/m0./s1. The lowest BCUT2D eigenvalue weighted by molar-refractivity contribution is 0.0930. The predicted molar refractivity (Wildman–Crippen MR) is 88.9 cm³/mol. The van der Waals surface area contributed by atoms with Crippen molar-refractivity contribution in [3.8, 4) is 5.69 Å². The molecule has 0 spiro atoms. The zero-order valence-corrected chi connectivity index (χ0v) is 13.4. The number of amides is 1. The quantitative estimate of drug-likeness (QED) is 0.910. The molecule has 1 fully saturated rings. The molecule has 1 atom stereocenters. The van der Waals surface area contributed by atoms with Gasteiger partial charge in [0.1, 0.15) is 0 Å². The van der Waals surface area contributed by atoms with E-state index in [0.29, 0.717) is 5.56 Å². The van der Waals surface area contributed by atoms with Crippen LogP contribution in [0.2, 0.25) is 0 Å². The van der Waals surface area contributed by atoms with Gasteiger partial charge in [0, 0.05) is 18.8 Å². The maximum absolute atomic E-state index is 12.4. The summed E-state index contributed by atoms with van der Waals surface area (Å²) in [5.41, 5.74) is 2.35. The Hall–Kier alpha value is -1.85. The molecule has 0 radical (unpaired) electrons. The molecule has 5 nitrogen and oxygen atoms in total. The van der Waals surface area contributed by atoms with Crippen LogP contribution in [0.4, 0.5) is 0 Å². The lowest BCUT2D eigenvalue weighted by Gasteiger charge is -2.23. The van der Waals surface area contributed by atoms with Gasteiger partial charge in [-0.3, -0.25) is 4.79 Å². The molecule has 1 amide bonds. The number of nitrogens with zero attached hydrogens (tertiary/aromatic N) is 2. The van der Waals surface area contributed by atoms with Gasteiger partial charge in [0.05, 0.1) is 16.9 Å². The molecule has 1 aliphatic rings. The number of aryl methyl sites for hydroxylation is 1. The largest absolute Gasteiger partial charge is 0.348 e. The highest BCUT2D eigenvalue weighted by Crippen LogP contribution is 2.12. The van der Waals surface area contributed by atoms with E-state index in [9.17, 15) is 4.79 Å². The molecule has 1 aliphatic heterocycles. The van der Waals surface area contributed by atoms with E-state index in [0.717, 1.165) is 37.3 Å². The van der Waals surface area contributed by atoms with Gasteiger partial charge in [-0.2, -0.15) is 5.10 Å². The van der Waals surface area contributed by atoms with Gasteiger partial charge in [0.25, 0.3) is 5.91 Å². The Morgan fingerprint density at radius 3 is 2.82 bits per heavy atom. The highest BCUT2D eigenvalue weighted by atomic mass is 35.5. The predicted octanol–water partition coefficient (Wildman–Crippen LogP) is 2.08. The van der Waals surface area contributed by atoms with Crippen molar-refractivity contribution in [2.24, 2.45) is 0 Å². The van der Waals surface area contributed by atoms with Crippen molar-refractivity contribution in [2.45, 2.75) is 25.8 Å². The Morgan fingerprint density at radius 2 is 2.14 bits per heavy atom. The molecule has 0 saturated carbocycles. The maximum Gasteiger partial charge on any atom is 0.255 e. The Labute approximate surface area is 136 Å². The normalized spacial score (nSPS) is 17.6. The molecule has 1 saturated heterocycles. The van der Waals surface area contributed by atoms with Gasteiger partial charge < -0.3 is 10.6 Å². The SMILES string of the molecule is Cc1nn(-c2ccccc2)cc1C(=O)N[C@H]1CCCNC1.Cl. The van der Waals surface area contributed by atoms with Crippen LogP contribution in [0.25, 0.3) is 5.69 Å². The van der Waals surface area contributed by atoms with Gasteiger partial charge in [-0.05, 0) is 38.4 Å². The summed E-state index contributed by atoms with van der Waals surface area (Å²) in [6.45, 7) is 3.75. The first kappa shape index (κ1) is 16.5. The van der Waals surface area contributed by atoms with Gasteiger partial charge in [-0.15, -0.1) is 12.4 Å². The van der Waals surface area contributed by atoms with Crippen LogP contribution >= 0.6 is 12.4 Å². The maximum atomic E-state index is 12.4. The number of benzene rings is 1. The van der Waals surface area contributed by atoms with E-state index in [2.05, 4.69) is 15.7 Å². The second-order valence-electron chi connectivity index (χ2n) is 5.43. The third kappa shape index (κ3) is 3.67. The van der Waals surface area contributed by atoms with Crippen LogP contribution in [0, 0.1) is 6.92 Å². The average molecular weight is 321 g/mol. The van der Waals surface area contributed by atoms with Crippen molar-refractivity contribution in [2.75, 3.05) is 13.1 Å². The van der Waals surface area contributed by atoms with E-state index < -0.39 is 0 Å². The van der Waals surface area contributed by atoms with Crippen molar-refractivity contribution in [3.63, 3.8) is 0 Å². The highest BCUT2D eigenvalue weighted by molar-refractivity contribution is 5.95. The topological polar surface area (TPSA) is 59.0 Å². The fourth-order valence-electron chi connectivity index (χ4n) is 2.63. The Bertz CT molecular complexity index is 620. The summed E-state index contributed by atoms with van der Waals surface area (Å²) in [4.78, 5) is 12.4. The molecule has 118 valence electrons. The van der Waals surface area contributed by atoms with E-state index in [1.54, 1.807) is 10.9 Å². The third-order valence-corrected chi connectivity index (χ3v) is 3.80. The number of rotatable bonds is 3. The number of halogens is 1. The van der Waals surface area contributed by atoms with Crippen LogP contribution in [0.5, 0.6) is 0 Å². The monoisotopic (exact) mass is 320 g/mol. The van der Waals surface area contributed by atoms with Crippen molar-refractivity contribution >= 4 is 18.3 Å². The molecule has 1 aromatic heterocycles. The summed E-state index contributed by atoms with van der Waals surface area (Å²) in [6.07, 6.45) is 3.94. The number of carbonyl (C=O) groups is 1. The summed E-state index contributed by atoms with van der Waals surface area (Å²) < 4.78 is 1.75. The summed E-state index contributed by atoms with van der Waals surface area (Å²) in [5, 5.41) is 10.8. The molecule has 22 heavy (non-hydrogen) atoms. The Balaban J connectivity index is 0.00000176. The van der Waals surface area contributed by atoms with Gasteiger partial charge >= 0.3 is 0 Å². The number of nitrogens with one attached hydrogen (secondary N) is 2. The molecule has 1 aromatic carbocycles. The second-order valence-corrected chi connectivity index (χ2v) is 5.43. The third-order valence-electron chi connectivity index (χ3n) is 3.80. The first-order valence-electron chi connectivity index (χ1n) is 7.37. The molecule has 2 aromatic rings. The van der Waals surface area contributed by atoms with E-state index >= 15 is 0 Å². The minimum absolute atomic E-state index is 0. The van der Waals surface area contributed by atoms with Crippen LogP contribution in [0.15, 0.2) is 36.5 Å². The van der Waals surface area contributed by atoms with Crippen LogP contribution in [0.1, 0.15) is 28.9 Å².